The van der Waals surface area contributed by atoms with Crippen molar-refractivity contribution in [1.29, 1.82) is 0 Å². The van der Waals surface area contributed by atoms with E-state index in [0.717, 1.165) is 25.3 Å². The molecule has 2 aromatic carbocycles. The number of rotatable bonds is 3. The number of hydrogen-bond acceptors (Lipinski definition) is 3. The first-order valence-electron chi connectivity index (χ1n) is 6.04. The summed E-state index contributed by atoms with van der Waals surface area (Å²) >= 11 is 0. The van der Waals surface area contributed by atoms with E-state index in [0.29, 0.717) is 11.1 Å². The van der Waals surface area contributed by atoms with Crippen LogP contribution >= 0.6 is 0 Å². The lowest BCUT2D eigenvalue weighted by Crippen LogP contribution is -2.16. The van der Waals surface area contributed by atoms with Crippen LogP contribution in [0.1, 0.15) is 10.4 Å². The molecule has 0 aromatic heterocycles. The number of carbonyl (C=O) groups excluding carboxylic acids is 1. The third-order valence-corrected chi connectivity index (χ3v) is 2.80. The highest BCUT2D eigenvalue weighted by molar-refractivity contribution is 5.90. The fraction of sp³-hybridized carbons (Fsp3) is 0.133. The molecule has 0 atom stereocenters. The smallest absolute Gasteiger partial charge is 0.465 e. The van der Waals surface area contributed by atoms with Gasteiger partial charge in [0, 0.05) is 0 Å². The number of hydrogen-bond donors (Lipinski definition) is 0. The molecule has 3 nitrogen and oxygen atoms in total. The summed E-state index contributed by atoms with van der Waals surface area (Å²) in [5.74, 6) is -1.96. The summed E-state index contributed by atoms with van der Waals surface area (Å²) < 4.78 is 58.1. The maximum Gasteiger partial charge on any atom is 0.573 e. The van der Waals surface area contributed by atoms with Crippen molar-refractivity contribution in [2.45, 2.75) is 6.36 Å². The van der Waals surface area contributed by atoms with Crippen LogP contribution in [-0.2, 0) is 4.74 Å². The molecule has 0 radical (unpaired) electrons. The van der Waals surface area contributed by atoms with Gasteiger partial charge in [0.25, 0.3) is 0 Å². The van der Waals surface area contributed by atoms with Crippen molar-refractivity contribution < 1.29 is 31.8 Å². The molecule has 0 amide bonds. The maximum atomic E-state index is 13.8. The van der Waals surface area contributed by atoms with Gasteiger partial charge >= 0.3 is 12.3 Å². The van der Waals surface area contributed by atoms with Gasteiger partial charge in [-0.3, -0.25) is 0 Å². The quantitative estimate of drug-likeness (QED) is 0.630. The van der Waals surface area contributed by atoms with Crippen LogP contribution in [-0.4, -0.2) is 19.4 Å². The van der Waals surface area contributed by atoms with E-state index < -0.39 is 18.1 Å². The predicted molar refractivity (Wildman–Crippen MR) is 69.9 cm³/mol. The molecule has 0 spiro atoms. The Kier molecular flexibility index (Phi) is 4.35. The Hall–Kier alpha value is -2.57. The van der Waals surface area contributed by atoms with Crippen LogP contribution in [0.2, 0.25) is 0 Å². The maximum absolute atomic E-state index is 13.8. The number of benzene rings is 2. The number of methoxy groups -OCH3 is 1. The van der Waals surface area contributed by atoms with E-state index in [1.54, 1.807) is 0 Å². The lowest BCUT2D eigenvalue weighted by atomic mass is 10.0. The Morgan fingerprint density at radius 2 is 1.59 bits per heavy atom. The molecule has 116 valence electrons. The molecular formula is C15H10F4O3. The van der Waals surface area contributed by atoms with Crippen molar-refractivity contribution in [2.75, 3.05) is 7.11 Å². The minimum atomic E-state index is -4.77. The minimum Gasteiger partial charge on any atom is -0.465 e. The van der Waals surface area contributed by atoms with Gasteiger partial charge in [-0.1, -0.05) is 18.2 Å². The average Bonchev–Trinajstić information content (AvgIpc) is 2.45. The van der Waals surface area contributed by atoms with Gasteiger partial charge in [-0.15, -0.1) is 13.2 Å². The highest BCUT2D eigenvalue weighted by Gasteiger charge is 2.30. The monoisotopic (exact) mass is 314 g/mol. The minimum absolute atomic E-state index is 0.219. The lowest BCUT2D eigenvalue weighted by Gasteiger charge is -2.10. The average molecular weight is 314 g/mol. The van der Waals surface area contributed by atoms with Gasteiger partial charge in [0.15, 0.2) is 0 Å². The molecule has 0 fully saturated rings. The first-order valence-corrected chi connectivity index (χ1v) is 6.04. The van der Waals surface area contributed by atoms with Crippen LogP contribution < -0.4 is 4.74 Å². The van der Waals surface area contributed by atoms with E-state index in [1.807, 2.05) is 0 Å². The van der Waals surface area contributed by atoms with Crippen molar-refractivity contribution in [2.24, 2.45) is 0 Å². The summed E-state index contributed by atoms with van der Waals surface area (Å²) in [4.78, 5) is 11.3. The Morgan fingerprint density at radius 1 is 1.00 bits per heavy atom. The second-order valence-corrected chi connectivity index (χ2v) is 4.26. The Balaban J connectivity index is 2.25. The molecule has 0 saturated heterocycles. The topological polar surface area (TPSA) is 35.5 Å². The van der Waals surface area contributed by atoms with Crippen molar-refractivity contribution in [1.82, 2.24) is 0 Å². The van der Waals surface area contributed by atoms with E-state index in [9.17, 15) is 22.4 Å². The second kappa shape index (κ2) is 6.05. The molecular weight excluding hydrogens is 304 g/mol. The molecule has 2 rings (SSSR count). The standard InChI is InChI=1S/C15H10F4O3/c1-21-14(20)12-7-4-10(8-13(12)16)9-2-5-11(6-3-9)22-15(17,18)19/h2-8H,1H3. The SMILES string of the molecule is COC(=O)c1ccc(-c2ccc(OC(F)(F)F)cc2)cc1F. The predicted octanol–water partition coefficient (Wildman–Crippen LogP) is 4.18. The molecule has 0 heterocycles. The lowest BCUT2D eigenvalue weighted by molar-refractivity contribution is -0.274. The number of esters is 1. The third-order valence-electron chi connectivity index (χ3n) is 2.80. The van der Waals surface area contributed by atoms with Gasteiger partial charge in [-0.25, -0.2) is 9.18 Å². The number of alkyl halides is 3. The van der Waals surface area contributed by atoms with E-state index in [1.165, 1.54) is 24.3 Å². The van der Waals surface area contributed by atoms with Crippen molar-refractivity contribution in [3.63, 3.8) is 0 Å². The number of halogens is 4. The molecule has 0 bridgehead atoms. The second-order valence-electron chi connectivity index (χ2n) is 4.26. The molecule has 0 unspecified atom stereocenters. The van der Waals surface area contributed by atoms with Crippen LogP contribution in [0.25, 0.3) is 11.1 Å². The molecule has 0 saturated carbocycles. The van der Waals surface area contributed by atoms with Crippen LogP contribution in [0.5, 0.6) is 5.75 Å². The highest BCUT2D eigenvalue weighted by atomic mass is 19.4. The summed E-state index contributed by atoms with van der Waals surface area (Å²) in [6, 6.07) is 8.77. The van der Waals surface area contributed by atoms with Gasteiger partial charge < -0.3 is 9.47 Å². The third kappa shape index (κ3) is 3.75. The highest BCUT2D eigenvalue weighted by Crippen LogP contribution is 2.27. The largest absolute Gasteiger partial charge is 0.573 e. The summed E-state index contributed by atoms with van der Waals surface area (Å²) in [5, 5.41) is 0. The van der Waals surface area contributed by atoms with Crippen molar-refractivity contribution in [3.8, 4) is 16.9 Å². The van der Waals surface area contributed by atoms with Gasteiger partial charge in [-0.2, -0.15) is 0 Å². The summed E-state index contributed by atoms with van der Waals surface area (Å²) in [5.41, 5.74) is 0.664. The zero-order valence-electron chi connectivity index (χ0n) is 11.3. The summed E-state index contributed by atoms with van der Waals surface area (Å²) in [6.07, 6.45) is -4.77. The van der Waals surface area contributed by atoms with E-state index in [-0.39, 0.29) is 11.3 Å². The van der Waals surface area contributed by atoms with Crippen LogP contribution in [0.15, 0.2) is 42.5 Å². The zero-order valence-corrected chi connectivity index (χ0v) is 11.3. The molecule has 0 aliphatic heterocycles. The van der Waals surface area contributed by atoms with Gasteiger partial charge in [-0.05, 0) is 35.4 Å². The van der Waals surface area contributed by atoms with Crippen LogP contribution in [0.3, 0.4) is 0 Å². The summed E-state index contributed by atoms with van der Waals surface area (Å²) in [7, 11) is 1.13. The molecule has 0 N–H and O–H groups in total. The fourth-order valence-corrected chi connectivity index (χ4v) is 1.82. The molecule has 0 aliphatic rings. The molecule has 7 heteroatoms. The van der Waals surface area contributed by atoms with Crippen LogP contribution in [0.4, 0.5) is 17.6 Å². The normalized spacial score (nSPS) is 11.1. The van der Waals surface area contributed by atoms with Crippen molar-refractivity contribution in [3.05, 3.63) is 53.8 Å². The fourth-order valence-electron chi connectivity index (χ4n) is 1.82. The molecule has 22 heavy (non-hydrogen) atoms. The Morgan fingerprint density at radius 3 is 2.09 bits per heavy atom. The van der Waals surface area contributed by atoms with E-state index in [4.69, 9.17) is 0 Å². The molecule has 0 aliphatic carbocycles. The van der Waals surface area contributed by atoms with E-state index in [2.05, 4.69) is 9.47 Å². The molecule has 2 aromatic rings. The number of ether oxygens (including phenoxy) is 2. The first kappa shape index (κ1) is 15.8. The zero-order chi connectivity index (χ0) is 16.3. The van der Waals surface area contributed by atoms with Gasteiger partial charge in [0.2, 0.25) is 0 Å². The summed E-state index contributed by atoms with van der Waals surface area (Å²) in [6.45, 7) is 0. The van der Waals surface area contributed by atoms with E-state index >= 15 is 0 Å². The Labute approximate surface area is 123 Å². The van der Waals surface area contributed by atoms with Gasteiger partial charge in [0.05, 0.1) is 12.7 Å². The van der Waals surface area contributed by atoms with Crippen LogP contribution in [0, 0.1) is 5.82 Å². The number of carbonyl (C=O) groups is 1. The van der Waals surface area contributed by atoms with Gasteiger partial charge in [0.1, 0.15) is 11.6 Å². The first-order chi connectivity index (χ1) is 10.3. The Bertz CT molecular complexity index is 678. The van der Waals surface area contributed by atoms with Crippen molar-refractivity contribution >= 4 is 5.97 Å².